The smallest absolute Gasteiger partial charge is 0.335 e. The number of carboxylic acids is 1. The van der Waals surface area contributed by atoms with Crippen molar-refractivity contribution in [1.29, 1.82) is 0 Å². The van der Waals surface area contributed by atoms with E-state index in [2.05, 4.69) is 15.9 Å². The number of fused-ring (bicyclic) bond motifs is 1. The number of rotatable bonds is 1. The molecule has 2 aromatic rings. The van der Waals surface area contributed by atoms with Gasteiger partial charge in [0.1, 0.15) is 0 Å². The maximum Gasteiger partial charge on any atom is 0.335 e. The number of hydrogen-bond acceptors (Lipinski definition) is 1. The Labute approximate surface area is 106 Å². The largest absolute Gasteiger partial charge is 0.478 e. The molecular formula is C11H10AlBrO2. The van der Waals surface area contributed by atoms with Crippen LogP contribution in [-0.2, 0) is 0 Å². The van der Waals surface area contributed by atoms with Crippen LogP contribution in [0.25, 0.3) is 10.8 Å². The fraction of sp³-hybridized carbons (Fsp3) is 0. The van der Waals surface area contributed by atoms with Crippen molar-refractivity contribution < 1.29 is 9.90 Å². The second kappa shape index (κ2) is 4.80. The Morgan fingerprint density at radius 2 is 1.93 bits per heavy atom. The molecule has 0 aromatic heterocycles. The molecule has 0 radical (unpaired) electrons. The molecule has 0 amide bonds. The number of halogens is 1. The van der Waals surface area contributed by atoms with Crippen molar-refractivity contribution in [2.24, 2.45) is 0 Å². The zero-order valence-electron chi connectivity index (χ0n) is 7.20. The van der Waals surface area contributed by atoms with Gasteiger partial charge in [-0.2, -0.15) is 0 Å². The predicted molar refractivity (Wildman–Crippen MR) is 68.5 cm³/mol. The van der Waals surface area contributed by atoms with E-state index in [9.17, 15) is 4.79 Å². The van der Waals surface area contributed by atoms with Gasteiger partial charge in [-0.05, 0) is 29.0 Å². The second-order valence-electron chi connectivity index (χ2n) is 2.98. The van der Waals surface area contributed by atoms with Crippen molar-refractivity contribution >= 4 is 50.0 Å². The summed E-state index contributed by atoms with van der Waals surface area (Å²) in [4.78, 5) is 10.7. The molecule has 2 nitrogen and oxygen atoms in total. The van der Waals surface area contributed by atoms with Crippen LogP contribution in [0.1, 0.15) is 10.4 Å². The van der Waals surface area contributed by atoms with Crippen LogP contribution in [0, 0.1) is 0 Å². The average molecular weight is 281 g/mol. The van der Waals surface area contributed by atoms with E-state index in [1.54, 1.807) is 12.1 Å². The summed E-state index contributed by atoms with van der Waals surface area (Å²) in [6.07, 6.45) is 0. The third kappa shape index (κ3) is 2.40. The number of hydrogen-bond donors (Lipinski definition) is 1. The summed E-state index contributed by atoms with van der Waals surface area (Å²) in [7, 11) is 0. The molecule has 15 heavy (non-hydrogen) atoms. The lowest BCUT2D eigenvalue weighted by atomic mass is 10.1. The lowest BCUT2D eigenvalue weighted by Gasteiger charge is -2.01. The normalized spacial score (nSPS) is 9.67. The van der Waals surface area contributed by atoms with Crippen LogP contribution >= 0.6 is 15.9 Å². The van der Waals surface area contributed by atoms with Gasteiger partial charge in [0.2, 0.25) is 0 Å². The molecular weight excluding hydrogens is 271 g/mol. The minimum Gasteiger partial charge on any atom is -0.478 e. The van der Waals surface area contributed by atoms with Gasteiger partial charge in [0.05, 0.1) is 5.56 Å². The SMILES string of the molecule is O=C(O)c1ccc2c(Br)cccc2c1.[AlH3]. The molecule has 0 fully saturated rings. The Balaban J connectivity index is 0.00000112. The number of benzene rings is 2. The van der Waals surface area contributed by atoms with E-state index < -0.39 is 5.97 Å². The lowest BCUT2D eigenvalue weighted by molar-refractivity contribution is 0.0697. The molecule has 0 heterocycles. The van der Waals surface area contributed by atoms with Crippen molar-refractivity contribution in [3.05, 3.63) is 46.4 Å². The maximum atomic E-state index is 10.7. The van der Waals surface area contributed by atoms with Crippen LogP contribution in [-0.4, -0.2) is 28.4 Å². The van der Waals surface area contributed by atoms with E-state index in [0.29, 0.717) is 5.56 Å². The molecule has 0 aliphatic rings. The van der Waals surface area contributed by atoms with E-state index in [1.165, 1.54) is 0 Å². The number of carbonyl (C=O) groups is 1. The first-order chi connectivity index (χ1) is 6.68. The highest BCUT2D eigenvalue weighted by molar-refractivity contribution is 9.10. The summed E-state index contributed by atoms with van der Waals surface area (Å²) in [5.41, 5.74) is 0.315. The van der Waals surface area contributed by atoms with E-state index in [0.717, 1.165) is 15.2 Å². The first kappa shape index (κ1) is 12.3. The molecule has 0 unspecified atom stereocenters. The maximum absolute atomic E-state index is 10.7. The second-order valence-corrected chi connectivity index (χ2v) is 3.84. The topological polar surface area (TPSA) is 37.3 Å². The molecule has 0 aliphatic carbocycles. The van der Waals surface area contributed by atoms with Crippen molar-refractivity contribution in [2.75, 3.05) is 0 Å². The number of carboxylic acid groups (broad SMARTS) is 1. The summed E-state index contributed by atoms with van der Waals surface area (Å²) >= 11 is 3.41. The van der Waals surface area contributed by atoms with E-state index >= 15 is 0 Å². The van der Waals surface area contributed by atoms with E-state index in [4.69, 9.17) is 5.11 Å². The Morgan fingerprint density at radius 1 is 1.20 bits per heavy atom. The molecule has 0 spiro atoms. The standard InChI is InChI=1S/C11H7BrO2.Al.3H/c12-10-3-1-2-7-6-8(11(13)14)4-5-9(7)10;;;;/h1-6H,(H,13,14);;;;. The molecule has 0 aliphatic heterocycles. The van der Waals surface area contributed by atoms with E-state index in [-0.39, 0.29) is 17.4 Å². The monoisotopic (exact) mass is 280 g/mol. The third-order valence-electron chi connectivity index (χ3n) is 2.07. The number of aromatic carboxylic acids is 1. The Hall–Kier alpha value is -0.818. The zero-order valence-corrected chi connectivity index (χ0v) is 8.78. The van der Waals surface area contributed by atoms with Gasteiger partial charge in [-0.15, -0.1) is 0 Å². The van der Waals surface area contributed by atoms with Crippen LogP contribution in [0.15, 0.2) is 40.9 Å². The van der Waals surface area contributed by atoms with Crippen molar-refractivity contribution in [1.82, 2.24) is 0 Å². The van der Waals surface area contributed by atoms with Crippen molar-refractivity contribution in [3.63, 3.8) is 0 Å². The van der Waals surface area contributed by atoms with Crippen LogP contribution in [0.5, 0.6) is 0 Å². The van der Waals surface area contributed by atoms with Gasteiger partial charge < -0.3 is 5.11 Å². The Morgan fingerprint density at radius 3 is 2.60 bits per heavy atom. The summed E-state index contributed by atoms with van der Waals surface area (Å²) in [6.45, 7) is 0. The van der Waals surface area contributed by atoms with E-state index in [1.807, 2.05) is 24.3 Å². The van der Waals surface area contributed by atoms with Crippen LogP contribution in [0.3, 0.4) is 0 Å². The first-order valence-electron chi connectivity index (χ1n) is 4.10. The van der Waals surface area contributed by atoms with Crippen LogP contribution in [0.2, 0.25) is 0 Å². The molecule has 2 aromatic carbocycles. The predicted octanol–water partition coefficient (Wildman–Crippen LogP) is 2.12. The third-order valence-corrected chi connectivity index (χ3v) is 2.77. The van der Waals surface area contributed by atoms with Crippen molar-refractivity contribution in [2.45, 2.75) is 0 Å². The highest BCUT2D eigenvalue weighted by Crippen LogP contribution is 2.24. The quantitative estimate of drug-likeness (QED) is 0.813. The molecule has 76 valence electrons. The van der Waals surface area contributed by atoms with Gasteiger partial charge in [0.25, 0.3) is 0 Å². The highest BCUT2D eigenvalue weighted by Gasteiger charge is 2.04. The first-order valence-corrected chi connectivity index (χ1v) is 4.89. The van der Waals surface area contributed by atoms with Gasteiger partial charge in [-0.1, -0.05) is 34.1 Å². The molecule has 0 bridgehead atoms. The summed E-state index contributed by atoms with van der Waals surface area (Å²) in [6, 6.07) is 10.8. The minimum absolute atomic E-state index is 0. The van der Waals surface area contributed by atoms with Gasteiger partial charge in [0, 0.05) is 4.47 Å². The average Bonchev–Trinajstić information content (AvgIpc) is 2.17. The minimum atomic E-state index is -0.896. The molecule has 1 N–H and O–H groups in total. The highest BCUT2D eigenvalue weighted by atomic mass is 79.9. The molecule has 0 atom stereocenters. The molecule has 0 saturated carbocycles. The molecule has 2 rings (SSSR count). The van der Waals surface area contributed by atoms with Crippen molar-refractivity contribution in [3.8, 4) is 0 Å². The van der Waals surface area contributed by atoms with Gasteiger partial charge in [-0.25, -0.2) is 4.79 Å². The summed E-state index contributed by atoms with van der Waals surface area (Å²) in [5, 5.41) is 10.8. The van der Waals surface area contributed by atoms with Crippen LogP contribution in [0.4, 0.5) is 0 Å². The fourth-order valence-corrected chi connectivity index (χ4v) is 1.89. The zero-order chi connectivity index (χ0) is 10.1. The van der Waals surface area contributed by atoms with Gasteiger partial charge >= 0.3 is 5.97 Å². The Kier molecular flexibility index (Phi) is 3.92. The van der Waals surface area contributed by atoms with Crippen LogP contribution < -0.4 is 0 Å². The van der Waals surface area contributed by atoms with Gasteiger partial charge in [0.15, 0.2) is 17.4 Å². The molecule has 4 heteroatoms. The summed E-state index contributed by atoms with van der Waals surface area (Å²) < 4.78 is 0.979. The Bertz CT molecular complexity index is 511. The molecule has 0 saturated heterocycles. The lowest BCUT2D eigenvalue weighted by Crippen LogP contribution is -1.95. The fourth-order valence-electron chi connectivity index (χ4n) is 1.38. The van der Waals surface area contributed by atoms with Gasteiger partial charge in [-0.3, -0.25) is 0 Å². The summed E-state index contributed by atoms with van der Waals surface area (Å²) in [5.74, 6) is -0.896.